The zero-order valence-electron chi connectivity index (χ0n) is 13.8. The first-order chi connectivity index (χ1) is 11.9. The quantitative estimate of drug-likeness (QED) is 0.786. The van der Waals surface area contributed by atoms with Crippen LogP contribution in [0, 0.1) is 0 Å². The molecule has 0 bridgehead atoms. The summed E-state index contributed by atoms with van der Waals surface area (Å²) >= 11 is 0. The maximum Gasteiger partial charge on any atom is 0.110 e. The van der Waals surface area contributed by atoms with Gasteiger partial charge in [0.25, 0.3) is 0 Å². The number of benzene rings is 1. The molecule has 3 aromatic rings. The first kappa shape index (κ1) is 15.1. The summed E-state index contributed by atoms with van der Waals surface area (Å²) in [6, 6.07) is 10.6. The molecule has 1 aliphatic rings. The molecule has 0 spiro atoms. The van der Waals surface area contributed by atoms with Crippen molar-refractivity contribution < 1.29 is 0 Å². The van der Waals surface area contributed by atoms with Crippen molar-refractivity contribution >= 4 is 0 Å². The van der Waals surface area contributed by atoms with Gasteiger partial charge in [0, 0.05) is 44.1 Å². The van der Waals surface area contributed by atoms with Crippen molar-refractivity contribution in [2.45, 2.75) is 31.8 Å². The number of aromatic amines is 1. The normalized spacial score (nSPS) is 18.8. The van der Waals surface area contributed by atoms with Crippen LogP contribution in [0.3, 0.4) is 0 Å². The standard InChI is InChI=1S/C19H23N5/c1-2-5-16(6-3-1)12-24-15-20-11-18(24)14-23-10-4-7-17(13-23)19-21-8-9-22-19/h1-3,5-6,8-9,11,15,17H,4,7,10,12-14H2,(H,21,22)/t17-/m1/s1. The average Bonchev–Trinajstić information content (AvgIpc) is 3.29. The molecule has 5 heteroatoms. The minimum absolute atomic E-state index is 0.513. The van der Waals surface area contributed by atoms with Crippen LogP contribution in [-0.2, 0) is 13.1 Å². The van der Waals surface area contributed by atoms with Gasteiger partial charge in [-0.3, -0.25) is 4.90 Å². The van der Waals surface area contributed by atoms with Crippen LogP contribution in [0.2, 0.25) is 0 Å². The monoisotopic (exact) mass is 321 g/mol. The molecule has 4 rings (SSSR count). The molecule has 0 amide bonds. The van der Waals surface area contributed by atoms with E-state index in [0.29, 0.717) is 5.92 Å². The largest absolute Gasteiger partial charge is 0.348 e. The van der Waals surface area contributed by atoms with Crippen LogP contribution >= 0.6 is 0 Å². The number of likely N-dealkylation sites (tertiary alicyclic amines) is 1. The molecule has 0 aliphatic carbocycles. The van der Waals surface area contributed by atoms with Gasteiger partial charge < -0.3 is 9.55 Å². The molecule has 1 atom stereocenters. The highest BCUT2D eigenvalue weighted by Crippen LogP contribution is 2.25. The zero-order chi connectivity index (χ0) is 16.2. The minimum atomic E-state index is 0.513. The summed E-state index contributed by atoms with van der Waals surface area (Å²) < 4.78 is 2.26. The molecule has 124 valence electrons. The Labute approximate surface area is 142 Å². The van der Waals surface area contributed by atoms with Crippen molar-refractivity contribution in [3.8, 4) is 0 Å². The van der Waals surface area contributed by atoms with E-state index in [2.05, 4.69) is 54.8 Å². The highest BCUT2D eigenvalue weighted by Gasteiger charge is 2.23. The summed E-state index contributed by atoms with van der Waals surface area (Å²) in [5.41, 5.74) is 2.59. The van der Waals surface area contributed by atoms with Crippen LogP contribution in [0.4, 0.5) is 0 Å². The number of rotatable bonds is 5. The Hall–Kier alpha value is -2.40. The SMILES string of the molecule is c1ccc(Cn2cncc2CN2CCC[C@@H](c3ncc[nH]3)C2)cc1. The van der Waals surface area contributed by atoms with Crippen LogP contribution in [0.1, 0.15) is 35.8 Å². The smallest absolute Gasteiger partial charge is 0.110 e. The second kappa shape index (κ2) is 7.01. The van der Waals surface area contributed by atoms with E-state index in [-0.39, 0.29) is 0 Å². The molecule has 1 aliphatic heterocycles. The second-order valence-corrected chi connectivity index (χ2v) is 6.55. The van der Waals surface area contributed by atoms with Gasteiger partial charge in [0.15, 0.2) is 0 Å². The molecular formula is C19H23N5. The molecule has 24 heavy (non-hydrogen) atoms. The van der Waals surface area contributed by atoms with Gasteiger partial charge in [-0.15, -0.1) is 0 Å². The van der Waals surface area contributed by atoms with Gasteiger partial charge >= 0.3 is 0 Å². The van der Waals surface area contributed by atoms with E-state index in [1.807, 2.05) is 24.9 Å². The first-order valence-electron chi connectivity index (χ1n) is 8.63. The van der Waals surface area contributed by atoms with E-state index in [1.165, 1.54) is 24.1 Å². The van der Waals surface area contributed by atoms with E-state index in [9.17, 15) is 0 Å². The molecule has 1 aromatic carbocycles. The Kier molecular flexibility index (Phi) is 4.42. The topological polar surface area (TPSA) is 49.7 Å². The number of nitrogens with zero attached hydrogens (tertiary/aromatic N) is 4. The van der Waals surface area contributed by atoms with Crippen molar-refractivity contribution in [2.75, 3.05) is 13.1 Å². The predicted molar refractivity (Wildman–Crippen MR) is 93.6 cm³/mol. The lowest BCUT2D eigenvalue weighted by atomic mass is 9.97. The van der Waals surface area contributed by atoms with Crippen molar-refractivity contribution in [3.63, 3.8) is 0 Å². The Morgan fingerprint density at radius 3 is 2.92 bits per heavy atom. The number of imidazole rings is 2. The van der Waals surface area contributed by atoms with Crippen molar-refractivity contribution in [2.24, 2.45) is 0 Å². The average molecular weight is 321 g/mol. The Morgan fingerprint density at radius 1 is 1.17 bits per heavy atom. The minimum Gasteiger partial charge on any atom is -0.348 e. The molecule has 0 radical (unpaired) electrons. The highest BCUT2D eigenvalue weighted by molar-refractivity contribution is 5.16. The Balaban J connectivity index is 1.43. The van der Waals surface area contributed by atoms with Crippen LogP contribution in [0.5, 0.6) is 0 Å². The molecule has 5 nitrogen and oxygen atoms in total. The zero-order valence-corrected chi connectivity index (χ0v) is 13.8. The van der Waals surface area contributed by atoms with E-state index in [4.69, 9.17) is 0 Å². The molecular weight excluding hydrogens is 298 g/mol. The third kappa shape index (κ3) is 3.41. The summed E-state index contributed by atoms with van der Waals surface area (Å²) in [4.78, 5) is 14.6. The molecule has 1 fully saturated rings. The number of H-pyrrole nitrogens is 1. The lowest BCUT2D eigenvalue weighted by molar-refractivity contribution is 0.193. The van der Waals surface area contributed by atoms with Gasteiger partial charge in [0.1, 0.15) is 5.82 Å². The van der Waals surface area contributed by atoms with E-state index in [0.717, 1.165) is 32.0 Å². The molecule has 1 N–H and O–H groups in total. The van der Waals surface area contributed by atoms with Gasteiger partial charge in [-0.2, -0.15) is 0 Å². The fourth-order valence-corrected chi connectivity index (χ4v) is 3.55. The van der Waals surface area contributed by atoms with Crippen molar-refractivity contribution in [1.29, 1.82) is 0 Å². The van der Waals surface area contributed by atoms with Crippen molar-refractivity contribution in [3.05, 3.63) is 72.3 Å². The maximum atomic E-state index is 4.45. The van der Waals surface area contributed by atoms with Gasteiger partial charge in [-0.1, -0.05) is 30.3 Å². The third-order valence-corrected chi connectivity index (χ3v) is 4.79. The molecule has 2 aromatic heterocycles. The van der Waals surface area contributed by atoms with E-state index >= 15 is 0 Å². The van der Waals surface area contributed by atoms with Gasteiger partial charge in [0.05, 0.1) is 12.0 Å². The lowest BCUT2D eigenvalue weighted by Crippen LogP contribution is -2.34. The van der Waals surface area contributed by atoms with Crippen LogP contribution in [0.15, 0.2) is 55.2 Å². The fourth-order valence-electron chi connectivity index (χ4n) is 3.55. The van der Waals surface area contributed by atoms with Gasteiger partial charge in [0.2, 0.25) is 0 Å². The number of piperidine rings is 1. The number of nitrogens with one attached hydrogen (secondary N) is 1. The summed E-state index contributed by atoms with van der Waals surface area (Å²) in [5.74, 6) is 1.64. The highest BCUT2D eigenvalue weighted by atomic mass is 15.2. The van der Waals surface area contributed by atoms with Gasteiger partial charge in [-0.25, -0.2) is 9.97 Å². The Bertz CT molecular complexity index is 747. The predicted octanol–water partition coefficient (Wildman–Crippen LogP) is 3.03. The van der Waals surface area contributed by atoms with E-state index < -0.39 is 0 Å². The fraction of sp³-hybridized carbons (Fsp3) is 0.368. The second-order valence-electron chi connectivity index (χ2n) is 6.55. The number of aromatic nitrogens is 4. The maximum absolute atomic E-state index is 4.45. The summed E-state index contributed by atoms with van der Waals surface area (Å²) in [6.45, 7) is 4.04. The molecule has 0 saturated carbocycles. The number of hydrogen-bond donors (Lipinski definition) is 1. The summed E-state index contributed by atoms with van der Waals surface area (Å²) in [7, 11) is 0. The first-order valence-corrected chi connectivity index (χ1v) is 8.63. The lowest BCUT2D eigenvalue weighted by Gasteiger charge is -2.31. The van der Waals surface area contributed by atoms with E-state index in [1.54, 1.807) is 0 Å². The summed E-state index contributed by atoms with van der Waals surface area (Å²) in [6.07, 6.45) is 10.1. The molecule has 3 heterocycles. The van der Waals surface area contributed by atoms with Crippen LogP contribution in [0.25, 0.3) is 0 Å². The summed E-state index contributed by atoms with van der Waals surface area (Å²) in [5, 5.41) is 0. The van der Waals surface area contributed by atoms with Crippen molar-refractivity contribution in [1.82, 2.24) is 24.4 Å². The van der Waals surface area contributed by atoms with Crippen LogP contribution in [-0.4, -0.2) is 37.5 Å². The molecule has 0 unspecified atom stereocenters. The van der Waals surface area contributed by atoms with Crippen LogP contribution < -0.4 is 0 Å². The number of hydrogen-bond acceptors (Lipinski definition) is 3. The molecule has 1 saturated heterocycles. The third-order valence-electron chi connectivity index (χ3n) is 4.79. The van der Waals surface area contributed by atoms with Gasteiger partial charge in [-0.05, 0) is 24.9 Å². The Morgan fingerprint density at radius 2 is 2.08 bits per heavy atom.